The molecule has 1 rings (SSSR count). The van der Waals surface area contributed by atoms with Gasteiger partial charge < -0.3 is 10.2 Å². The highest BCUT2D eigenvalue weighted by atomic mass is 35.5. The number of carboxylic acids is 2. The molecule has 18 heavy (non-hydrogen) atoms. The molecule has 0 spiro atoms. The molecule has 2 N–H and O–H groups in total. The third-order valence-corrected chi connectivity index (χ3v) is 2.85. The Morgan fingerprint density at radius 1 is 1.06 bits per heavy atom. The van der Waals surface area contributed by atoms with Crippen molar-refractivity contribution >= 4 is 35.1 Å². The summed E-state index contributed by atoms with van der Waals surface area (Å²) in [6, 6.07) is 4.84. The highest BCUT2D eigenvalue weighted by Crippen LogP contribution is 2.23. The minimum atomic E-state index is -1.09. The molecule has 0 fully saturated rings. The Balaban J connectivity index is 2.77. The van der Waals surface area contributed by atoms with Gasteiger partial charge in [0.2, 0.25) is 0 Å². The number of carboxylic acid groups (broad SMARTS) is 2. The molecule has 98 valence electrons. The lowest BCUT2D eigenvalue weighted by atomic mass is 10.2. The lowest BCUT2D eigenvalue weighted by Crippen LogP contribution is -2.33. The van der Waals surface area contributed by atoms with Crippen molar-refractivity contribution in [1.29, 1.82) is 0 Å². The van der Waals surface area contributed by atoms with Crippen LogP contribution in [-0.2, 0) is 16.1 Å². The van der Waals surface area contributed by atoms with Crippen LogP contribution in [0.25, 0.3) is 0 Å². The summed E-state index contributed by atoms with van der Waals surface area (Å²) >= 11 is 11.6. The Morgan fingerprint density at radius 3 is 2.06 bits per heavy atom. The van der Waals surface area contributed by atoms with Crippen molar-refractivity contribution in [3.63, 3.8) is 0 Å². The first-order chi connectivity index (χ1) is 8.38. The van der Waals surface area contributed by atoms with E-state index < -0.39 is 11.9 Å². The maximum atomic E-state index is 10.6. The summed E-state index contributed by atoms with van der Waals surface area (Å²) in [4.78, 5) is 22.5. The number of halogens is 2. The zero-order valence-corrected chi connectivity index (χ0v) is 10.8. The van der Waals surface area contributed by atoms with E-state index in [-0.39, 0.29) is 19.6 Å². The number of rotatable bonds is 6. The summed E-state index contributed by atoms with van der Waals surface area (Å²) in [6.07, 6.45) is 0. The van der Waals surface area contributed by atoms with Crippen LogP contribution in [0.5, 0.6) is 0 Å². The Labute approximate surface area is 114 Å². The monoisotopic (exact) mass is 291 g/mol. The highest BCUT2D eigenvalue weighted by Gasteiger charge is 2.14. The van der Waals surface area contributed by atoms with Crippen LogP contribution in [0.2, 0.25) is 10.0 Å². The number of aliphatic carboxylic acids is 2. The molecule has 0 radical (unpaired) electrons. The molecule has 0 saturated heterocycles. The predicted molar refractivity (Wildman–Crippen MR) is 67.0 cm³/mol. The van der Waals surface area contributed by atoms with Gasteiger partial charge in [-0.15, -0.1) is 0 Å². The van der Waals surface area contributed by atoms with Crippen LogP contribution in [0, 0.1) is 0 Å². The smallest absolute Gasteiger partial charge is 0.317 e. The van der Waals surface area contributed by atoms with Gasteiger partial charge in [-0.3, -0.25) is 14.5 Å². The van der Waals surface area contributed by atoms with Crippen molar-refractivity contribution in [3.05, 3.63) is 33.8 Å². The fraction of sp³-hybridized carbons (Fsp3) is 0.273. The summed E-state index contributed by atoms with van der Waals surface area (Å²) in [5.41, 5.74) is 0.701. The molecular weight excluding hydrogens is 281 g/mol. The molecule has 0 atom stereocenters. The SMILES string of the molecule is O=C(O)CN(CC(=O)O)Cc1ccc(Cl)c(Cl)c1. The fourth-order valence-corrected chi connectivity index (χ4v) is 1.77. The molecule has 0 aliphatic rings. The number of hydrogen-bond donors (Lipinski definition) is 2. The number of carbonyl (C=O) groups is 2. The maximum Gasteiger partial charge on any atom is 0.317 e. The van der Waals surface area contributed by atoms with Gasteiger partial charge in [-0.1, -0.05) is 29.3 Å². The van der Waals surface area contributed by atoms with Crippen LogP contribution in [0.3, 0.4) is 0 Å². The minimum Gasteiger partial charge on any atom is -0.480 e. The maximum absolute atomic E-state index is 10.6. The molecule has 0 saturated carbocycles. The molecule has 0 aliphatic heterocycles. The van der Waals surface area contributed by atoms with E-state index >= 15 is 0 Å². The van der Waals surface area contributed by atoms with Crippen molar-refractivity contribution in [3.8, 4) is 0 Å². The fourth-order valence-electron chi connectivity index (χ4n) is 1.45. The Morgan fingerprint density at radius 2 is 1.61 bits per heavy atom. The van der Waals surface area contributed by atoms with Gasteiger partial charge in [0.1, 0.15) is 0 Å². The van der Waals surface area contributed by atoms with E-state index in [1.807, 2.05) is 0 Å². The summed E-state index contributed by atoms with van der Waals surface area (Å²) in [6.45, 7) is -0.533. The average molecular weight is 292 g/mol. The molecule has 1 aromatic carbocycles. The van der Waals surface area contributed by atoms with Crippen LogP contribution >= 0.6 is 23.2 Å². The van der Waals surface area contributed by atoms with Crippen molar-refractivity contribution in [2.24, 2.45) is 0 Å². The van der Waals surface area contributed by atoms with E-state index in [4.69, 9.17) is 33.4 Å². The number of benzene rings is 1. The van der Waals surface area contributed by atoms with Crippen molar-refractivity contribution in [1.82, 2.24) is 4.90 Å². The third kappa shape index (κ3) is 4.91. The van der Waals surface area contributed by atoms with E-state index in [2.05, 4.69) is 0 Å². The molecule has 0 aromatic heterocycles. The molecule has 0 aliphatic carbocycles. The van der Waals surface area contributed by atoms with Gasteiger partial charge in [0.15, 0.2) is 0 Å². The van der Waals surface area contributed by atoms with Gasteiger partial charge in [-0.25, -0.2) is 0 Å². The first kappa shape index (κ1) is 14.8. The van der Waals surface area contributed by atoms with E-state index in [1.165, 1.54) is 4.90 Å². The molecule has 0 heterocycles. The zero-order valence-electron chi connectivity index (χ0n) is 9.27. The van der Waals surface area contributed by atoms with Crippen molar-refractivity contribution in [2.75, 3.05) is 13.1 Å². The van der Waals surface area contributed by atoms with Gasteiger partial charge in [0, 0.05) is 6.54 Å². The molecule has 7 heteroatoms. The van der Waals surface area contributed by atoms with Crippen LogP contribution < -0.4 is 0 Å². The summed E-state index contributed by atoms with van der Waals surface area (Å²) in [5.74, 6) is -2.17. The normalized spacial score (nSPS) is 10.6. The molecule has 0 bridgehead atoms. The molecule has 1 aromatic rings. The summed E-state index contributed by atoms with van der Waals surface area (Å²) < 4.78 is 0. The van der Waals surface area contributed by atoms with Gasteiger partial charge in [-0.2, -0.15) is 0 Å². The van der Waals surface area contributed by atoms with Gasteiger partial charge >= 0.3 is 11.9 Å². The average Bonchev–Trinajstić information content (AvgIpc) is 2.21. The first-order valence-electron chi connectivity index (χ1n) is 4.98. The second kappa shape index (κ2) is 6.58. The molecule has 0 unspecified atom stereocenters. The topological polar surface area (TPSA) is 77.8 Å². The lowest BCUT2D eigenvalue weighted by Gasteiger charge is -2.18. The van der Waals surface area contributed by atoms with Gasteiger partial charge in [0.05, 0.1) is 23.1 Å². The first-order valence-corrected chi connectivity index (χ1v) is 5.74. The van der Waals surface area contributed by atoms with Crippen molar-refractivity contribution < 1.29 is 19.8 Å². The quantitative estimate of drug-likeness (QED) is 0.838. The standard InChI is InChI=1S/C11H11Cl2NO4/c12-8-2-1-7(3-9(8)13)4-14(5-10(15)16)6-11(17)18/h1-3H,4-6H2,(H,15,16)(H,17,18). The van der Waals surface area contributed by atoms with Crippen LogP contribution in [-0.4, -0.2) is 40.1 Å². The second-order valence-electron chi connectivity index (χ2n) is 3.68. The van der Waals surface area contributed by atoms with Gasteiger partial charge in [-0.05, 0) is 17.7 Å². The Bertz CT molecular complexity index is 448. The molecule has 5 nitrogen and oxygen atoms in total. The van der Waals surface area contributed by atoms with E-state index in [0.717, 1.165) is 0 Å². The summed E-state index contributed by atoms with van der Waals surface area (Å²) in [7, 11) is 0. The molecule has 0 amide bonds. The van der Waals surface area contributed by atoms with E-state index in [9.17, 15) is 9.59 Å². The Kier molecular flexibility index (Phi) is 5.40. The largest absolute Gasteiger partial charge is 0.480 e. The van der Waals surface area contributed by atoms with Crippen molar-refractivity contribution in [2.45, 2.75) is 6.54 Å². The predicted octanol–water partition coefficient (Wildman–Crippen LogP) is 1.96. The van der Waals surface area contributed by atoms with E-state index in [0.29, 0.717) is 15.6 Å². The van der Waals surface area contributed by atoms with Crippen LogP contribution in [0.15, 0.2) is 18.2 Å². The number of nitrogens with zero attached hydrogens (tertiary/aromatic N) is 1. The van der Waals surface area contributed by atoms with E-state index in [1.54, 1.807) is 18.2 Å². The summed E-state index contributed by atoms with van der Waals surface area (Å²) in [5, 5.41) is 18.1. The minimum absolute atomic E-state index is 0.176. The third-order valence-electron chi connectivity index (χ3n) is 2.11. The number of hydrogen-bond acceptors (Lipinski definition) is 3. The second-order valence-corrected chi connectivity index (χ2v) is 4.50. The zero-order chi connectivity index (χ0) is 13.7. The van der Waals surface area contributed by atoms with Crippen LogP contribution in [0.4, 0.5) is 0 Å². The lowest BCUT2D eigenvalue weighted by molar-refractivity contribution is -0.142. The highest BCUT2D eigenvalue weighted by molar-refractivity contribution is 6.42. The van der Waals surface area contributed by atoms with Gasteiger partial charge in [0.25, 0.3) is 0 Å². The van der Waals surface area contributed by atoms with Crippen LogP contribution in [0.1, 0.15) is 5.56 Å². The molecular formula is C11H11Cl2NO4. The Hall–Kier alpha value is -1.30.